The van der Waals surface area contributed by atoms with Crippen molar-refractivity contribution in [2.75, 3.05) is 56.2 Å². The number of rotatable bonds is 8. The van der Waals surface area contributed by atoms with Gasteiger partial charge in [-0.3, -0.25) is 9.78 Å². The standard InChI is InChI=1S/C30H34F3N5O3.ClH/c1-20-26(17-25(19-35-20)37-28(39)22-3-2-4-24(15-22)30(31,32)33)23-16-27(38-10-13-40-14-11-38)29(36-18-23)41-12-7-21-5-8-34-9-6-21;/h2-4,15-19,21,34H,5-14H2,1H3,(H,37,39);1H. The first-order valence-electron chi connectivity index (χ1n) is 13.9. The highest BCUT2D eigenvalue weighted by atomic mass is 35.5. The van der Waals surface area contributed by atoms with E-state index in [1.807, 2.05) is 13.0 Å². The summed E-state index contributed by atoms with van der Waals surface area (Å²) < 4.78 is 51.1. The van der Waals surface area contributed by atoms with Crippen LogP contribution in [0.1, 0.15) is 40.9 Å². The summed E-state index contributed by atoms with van der Waals surface area (Å²) in [5, 5.41) is 6.07. The molecule has 2 aromatic heterocycles. The monoisotopic (exact) mass is 605 g/mol. The van der Waals surface area contributed by atoms with Crippen LogP contribution in [0, 0.1) is 12.8 Å². The van der Waals surface area contributed by atoms with Crippen LogP contribution in [0.2, 0.25) is 0 Å². The van der Waals surface area contributed by atoms with E-state index in [2.05, 4.69) is 25.5 Å². The number of nitrogens with one attached hydrogen (secondary N) is 2. The molecular formula is C30H35ClF3N5O3. The zero-order valence-corrected chi connectivity index (χ0v) is 24.2. The highest BCUT2D eigenvalue weighted by Crippen LogP contribution is 2.34. The zero-order chi connectivity index (χ0) is 28.8. The summed E-state index contributed by atoms with van der Waals surface area (Å²) in [5.41, 5.74) is 2.51. The molecule has 226 valence electrons. The maximum atomic E-state index is 13.1. The molecule has 4 heterocycles. The summed E-state index contributed by atoms with van der Waals surface area (Å²) in [6.45, 7) is 7.16. The van der Waals surface area contributed by atoms with E-state index < -0.39 is 17.6 Å². The lowest BCUT2D eigenvalue weighted by atomic mass is 9.95. The molecule has 0 spiro atoms. The maximum absolute atomic E-state index is 13.1. The highest BCUT2D eigenvalue weighted by molar-refractivity contribution is 6.04. The molecule has 2 saturated heterocycles. The van der Waals surface area contributed by atoms with Crippen molar-refractivity contribution in [1.29, 1.82) is 0 Å². The largest absolute Gasteiger partial charge is 0.476 e. The fourth-order valence-electron chi connectivity index (χ4n) is 5.16. The van der Waals surface area contributed by atoms with Crippen molar-refractivity contribution >= 4 is 29.7 Å². The number of anilines is 2. The molecule has 2 aliphatic rings. The number of nitrogens with zero attached hydrogens (tertiary/aromatic N) is 3. The molecule has 2 fully saturated rings. The van der Waals surface area contributed by atoms with Crippen molar-refractivity contribution in [3.63, 3.8) is 0 Å². The number of halogens is 4. The number of hydrogen-bond donors (Lipinski definition) is 2. The van der Waals surface area contributed by atoms with Gasteiger partial charge in [-0.2, -0.15) is 13.2 Å². The van der Waals surface area contributed by atoms with Crippen molar-refractivity contribution in [3.8, 4) is 17.0 Å². The minimum absolute atomic E-state index is 0. The Morgan fingerprint density at radius 1 is 1.12 bits per heavy atom. The summed E-state index contributed by atoms with van der Waals surface area (Å²) in [5.74, 6) is 0.562. The van der Waals surface area contributed by atoms with Crippen LogP contribution >= 0.6 is 12.4 Å². The second kappa shape index (κ2) is 14.2. The van der Waals surface area contributed by atoms with E-state index in [0.29, 0.717) is 50.4 Å². The quantitative estimate of drug-likeness (QED) is 0.338. The van der Waals surface area contributed by atoms with E-state index >= 15 is 0 Å². The van der Waals surface area contributed by atoms with Gasteiger partial charge in [-0.05, 0) is 75.5 Å². The average Bonchev–Trinajstić information content (AvgIpc) is 2.99. The summed E-state index contributed by atoms with van der Waals surface area (Å²) in [7, 11) is 0. The van der Waals surface area contributed by atoms with Crippen LogP contribution < -0.4 is 20.3 Å². The van der Waals surface area contributed by atoms with Gasteiger partial charge in [0.1, 0.15) is 5.69 Å². The highest BCUT2D eigenvalue weighted by Gasteiger charge is 2.31. The van der Waals surface area contributed by atoms with Crippen LogP contribution in [0.3, 0.4) is 0 Å². The maximum Gasteiger partial charge on any atom is 0.416 e. The SMILES string of the molecule is Cc1ncc(NC(=O)c2cccc(C(F)(F)F)c2)cc1-c1cnc(OCCC2CCNCC2)c(N2CCOCC2)c1.Cl. The van der Waals surface area contributed by atoms with Crippen LogP contribution in [0.5, 0.6) is 5.88 Å². The number of carbonyl (C=O) groups is 1. The lowest BCUT2D eigenvalue weighted by Crippen LogP contribution is -2.36. The van der Waals surface area contributed by atoms with Gasteiger partial charge >= 0.3 is 6.18 Å². The molecule has 3 aromatic rings. The fourth-order valence-corrected chi connectivity index (χ4v) is 5.16. The Kier molecular flexibility index (Phi) is 10.6. The van der Waals surface area contributed by atoms with E-state index in [-0.39, 0.29) is 18.0 Å². The number of alkyl halides is 3. The first kappa shape index (κ1) is 31.5. The number of pyridine rings is 2. The minimum Gasteiger partial charge on any atom is -0.476 e. The summed E-state index contributed by atoms with van der Waals surface area (Å²) in [4.78, 5) is 24.1. The number of morpholine rings is 1. The number of benzene rings is 1. The van der Waals surface area contributed by atoms with Gasteiger partial charge in [0.25, 0.3) is 5.91 Å². The fraction of sp³-hybridized carbons (Fsp3) is 0.433. The van der Waals surface area contributed by atoms with Gasteiger partial charge in [-0.1, -0.05) is 6.07 Å². The minimum atomic E-state index is -4.54. The van der Waals surface area contributed by atoms with Crippen molar-refractivity contribution < 1.29 is 27.4 Å². The Morgan fingerprint density at radius 3 is 2.62 bits per heavy atom. The third-order valence-electron chi connectivity index (χ3n) is 7.52. The van der Waals surface area contributed by atoms with E-state index in [9.17, 15) is 18.0 Å². The topological polar surface area (TPSA) is 88.6 Å². The predicted octanol–water partition coefficient (Wildman–Crippen LogP) is 5.75. The molecule has 0 aliphatic carbocycles. The van der Waals surface area contributed by atoms with Gasteiger partial charge in [0, 0.05) is 41.7 Å². The van der Waals surface area contributed by atoms with Crippen LogP contribution in [0.4, 0.5) is 24.5 Å². The van der Waals surface area contributed by atoms with Gasteiger partial charge in [-0.15, -0.1) is 12.4 Å². The molecule has 12 heteroatoms. The molecule has 42 heavy (non-hydrogen) atoms. The normalized spacial score (nSPS) is 16.0. The first-order valence-corrected chi connectivity index (χ1v) is 13.9. The number of ether oxygens (including phenoxy) is 2. The van der Waals surface area contributed by atoms with E-state index in [4.69, 9.17) is 9.47 Å². The summed E-state index contributed by atoms with van der Waals surface area (Å²) in [6, 6.07) is 8.09. The number of carbonyl (C=O) groups excluding carboxylic acids is 1. The number of amides is 1. The molecule has 8 nitrogen and oxygen atoms in total. The molecule has 0 bridgehead atoms. The number of aryl methyl sites for hydroxylation is 1. The Hall–Kier alpha value is -3.41. The molecule has 0 radical (unpaired) electrons. The van der Waals surface area contributed by atoms with Gasteiger partial charge in [0.2, 0.25) is 5.88 Å². The number of hydrogen-bond acceptors (Lipinski definition) is 7. The summed E-state index contributed by atoms with van der Waals surface area (Å²) in [6.07, 6.45) is 1.96. The first-order chi connectivity index (χ1) is 19.8. The van der Waals surface area contributed by atoms with Crippen molar-refractivity contribution in [2.45, 2.75) is 32.4 Å². The lowest BCUT2D eigenvalue weighted by Gasteiger charge is -2.30. The Bertz CT molecular complexity index is 1360. The Morgan fingerprint density at radius 2 is 1.88 bits per heavy atom. The number of aromatic nitrogens is 2. The second-order valence-electron chi connectivity index (χ2n) is 10.4. The third-order valence-corrected chi connectivity index (χ3v) is 7.52. The Balaban J connectivity index is 0.00000405. The molecule has 0 saturated carbocycles. The molecule has 0 atom stereocenters. The van der Waals surface area contributed by atoms with Gasteiger partial charge in [-0.25, -0.2) is 4.98 Å². The smallest absolute Gasteiger partial charge is 0.416 e. The van der Waals surface area contributed by atoms with E-state index in [1.54, 1.807) is 12.3 Å². The van der Waals surface area contributed by atoms with Crippen LogP contribution in [-0.4, -0.2) is 61.9 Å². The van der Waals surface area contributed by atoms with Crippen LogP contribution in [0.25, 0.3) is 11.1 Å². The van der Waals surface area contributed by atoms with Gasteiger partial charge in [0.15, 0.2) is 0 Å². The average molecular weight is 606 g/mol. The molecule has 2 N–H and O–H groups in total. The summed E-state index contributed by atoms with van der Waals surface area (Å²) >= 11 is 0. The van der Waals surface area contributed by atoms with Crippen LogP contribution in [-0.2, 0) is 10.9 Å². The zero-order valence-electron chi connectivity index (χ0n) is 23.4. The molecule has 1 aromatic carbocycles. The molecule has 0 unspecified atom stereocenters. The molecule has 5 rings (SSSR count). The van der Waals surface area contributed by atoms with Crippen molar-refractivity contribution in [2.24, 2.45) is 5.92 Å². The van der Waals surface area contributed by atoms with E-state index in [0.717, 1.165) is 67.0 Å². The van der Waals surface area contributed by atoms with E-state index in [1.165, 1.54) is 18.3 Å². The van der Waals surface area contributed by atoms with Crippen molar-refractivity contribution in [3.05, 3.63) is 65.6 Å². The number of piperidine rings is 1. The van der Waals surface area contributed by atoms with Gasteiger partial charge < -0.3 is 25.0 Å². The van der Waals surface area contributed by atoms with Crippen LogP contribution in [0.15, 0.2) is 48.8 Å². The lowest BCUT2D eigenvalue weighted by molar-refractivity contribution is -0.137. The Labute approximate surface area is 249 Å². The molecule has 1 amide bonds. The molecule has 2 aliphatic heterocycles. The van der Waals surface area contributed by atoms with Gasteiger partial charge in [0.05, 0.1) is 37.3 Å². The predicted molar refractivity (Wildman–Crippen MR) is 158 cm³/mol. The van der Waals surface area contributed by atoms with Crippen molar-refractivity contribution in [1.82, 2.24) is 15.3 Å². The molecular weight excluding hydrogens is 571 g/mol. The third kappa shape index (κ3) is 7.90. The second-order valence-corrected chi connectivity index (χ2v) is 10.4.